The van der Waals surface area contributed by atoms with Crippen molar-refractivity contribution < 1.29 is 24.2 Å². The lowest BCUT2D eigenvalue weighted by molar-refractivity contribution is -0.144. The SMILES string of the molecule is COCCNCC(=O)N(C)C1COCC1C(=O)O. The van der Waals surface area contributed by atoms with Crippen LogP contribution in [0.2, 0.25) is 0 Å². The van der Waals surface area contributed by atoms with Crippen molar-refractivity contribution in [2.75, 3.05) is 47.1 Å². The van der Waals surface area contributed by atoms with Crippen molar-refractivity contribution in [3.05, 3.63) is 0 Å². The van der Waals surface area contributed by atoms with Crippen LogP contribution < -0.4 is 5.32 Å². The Hall–Kier alpha value is -1.18. The molecule has 1 heterocycles. The Bertz CT molecular complexity index is 297. The minimum Gasteiger partial charge on any atom is -0.481 e. The number of nitrogens with zero attached hydrogens (tertiary/aromatic N) is 1. The third-order valence-corrected chi connectivity index (χ3v) is 3.02. The number of carbonyl (C=O) groups excluding carboxylic acids is 1. The lowest BCUT2D eigenvalue weighted by atomic mass is 10.0. The molecule has 1 fully saturated rings. The Morgan fingerprint density at radius 2 is 2.22 bits per heavy atom. The van der Waals surface area contributed by atoms with Crippen molar-refractivity contribution in [3.63, 3.8) is 0 Å². The van der Waals surface area contributed by atoms with Crippen LogP contribution >= 0.6 is 0 Å². The molecule has 1 aliphatic heterocycles. The van der Waals surface area contributed by atoms with Crippen LogP contribution in [0, 0.1) is 5.92 Å². The molecule has 0 radical (unpaired) electrons. The Morgan fingerprint density at radius 1 is 1.50 bits per heavy atom. The molecule has 0 aromatic carbocycles. The molecule has 1 saturated heterocycles. The van der Waals surface area contributed by atoms with Crippen LogP contribution in [-0.2, 0) is 19.1 Å². The number of hydrogen-bond acceptors (Lipinski definition) is 5. The number of ether oxygens (including phenoxy) is 2. The average molecular weight is 260 g/mol. The predicted molar refractivity (Wildman–Crippen MR) is 63.2 cm³/mol. The predicted octanol–water partition coefficient (Wildman–Crippen LogP) is -1.22. The smallest absolute Gasteiger partial charge is 0.311 e. The molecule has 0 bridgehead atoms. The van der Waals surface area contributed by atoms with Crippen LogP contribution in [0.3, 0.4) is 0 Å². The van der Waals surface area contributed by atoms with E-state index in [1.165, 1.54) is 4.90 Å². The summed E-state index contributed by atoms with van der Waals surface area (Å²) in [5.74, 6) is -1.71. The van der Waals surface area contributed by atoms with Gasteiger partial charge in [-0.1, -0.05) is 0 Å². The maximum Gasteiger partial charge on any atom is 0.311 e. The van der Waals surface area contributed by atoms with Crippen LogP contribution in [-0.4, -0.2) is 75.0 Å². The van der Waals surface area contributed by atoms with E-state index in [2.05, 4.69) is 5.32 Å². The van der Waals surface area contributed by atoms with Gasteiger partial charge in [0.1, 0.15) is 5.92 Å². The van der Waals surface area contributed by atoms with Gasteiger partial charge >= 0.3 is 5.97 Å². The summed E-state index contributed by atoms with van der Waals surface area (Å²) < 4.78 is 9.98. The number of amides is 1. The minimum absolute atomic E-state index is 0.146. The number of rotatable bonds is 7. The van der Waals surface area contributed by atoms with Gasteiger partial charge in [-0.25, -0.2) is 0 Å². The van der Waals surface area contributed by atoms with Crippen LogP contribution in [0.25, 0.3) is 0 Å². The molecule has 18 heavy (non-hydrogen) atoms. The highest BCUT2D eigenvalue weighted by atomic mass is 16.5. The van der Waals surface area contributed by atoms with E-state index in [1.807, 2.05) is 0 Å². The number of likely N-dealkylation sites (N-methyl/N-ethyl adjacent to an activating group) is 1. The first-order valence-corrected chi connectivity index (χ1v) is 5.83. The summed E-state index contributed by atoms with van der Waals surface area (Å²) >= 11 is 0. The largest absolute Gasteiger partial charge is 0.481 e. The zero-order chi connectivity index (χ0) is 13.5. The highest BCUT2D eigenvalue weighted by Gasteiger charge is 2.38. The van der Waals surface area contributed by atoms with Crippen molar-refractivity contribution in [1.82, 2.24) is 10.2 Å². The Labute approximate surface area is 106 Å². The molecule has 7 nitrogen and oxygen atoms in total. The van der Waals surface area contributed by atoms with E-state index in [4.69, 9.17) is 14.6 Å². The Morgan fingerprint density at radius 3 is 2.83 bits per heavy atom. The topological polar surface area (TPSA) is 88.1 Å². The summed E-state index contributed by atoms with van der Waals surface area (Å²) in [6, 6.07) is -0.390. The molecule has 2 atom stereocenters. The molecule has 1 rings (SSSR count). The van der Waals surface area contributed by atoms with Crippen molar-refractivity contribution in [3.8, 4) is 0 Å². The lowest BCUT2D eigenvalue weighted by Gasteiger charge is -2.26. The standard InChI is InChI=1S/C11H20N2O5/c1-13(10(14)5-12-3-4-17-2)9-7-18-6-8(9)11(15)16/h8-9,12H,3-7H2,1-2H3,(H,15,16). The Balaban J connectivity index is 2.40. The van der Waals surface area contributed by atoms with Gasteiger partial charge in [-0.15, -0.1) is 0 Å². The second kappa shape index (κ2) is 7.30. The number of methoxy groups -OCH3 is 1. The molecule has 0 aromatic rings. The molecule has 2 unspecified atom stereocenters. The van der Waals surface area contributed by atoms with Crippen LogP contribution in [0.5, 0.6) is 0 Å². The summed E-state index contributed by atoms with van der Waals surface area (Å²) in [6.07, 6.45) is 0. The minimum atomic E-state index is -0.926. The first-order chi connectivity index (χ1) is 8.57. The number of aliphatic carboxylic acids is 1. The van der Waals surface area contributed by atoms with Gasteiger partial charge in [0.05, 0.1) is 32.4 Å². The molecule has 0 saturated carbocycles. The van der Waals surface area contributed by atoms with Gasteiger partial charge in [0.15, 0.2) is 0 Å². The van der Waals surface area contributed by atoms with E-state index < -0.39 is 11.9 Å². The third kappa shape index (κ3) is 3.94. The summed E-state index contributed by atoms with van der Waals surface area (Å²) in [4.78, 5) is 24.3. The maximum absolute atomic E-state index is 11.8. The first kappa shape index (κ1) is 14.9. The fraction of sp³-hybridized carbons (Fsp3) is 0.818. The molecule has 7 heteroatoms. The number of carboxylic acids is 1. The fourth-order valence-corrected chi connectivity index (χ4v) is 1.84. The maximum atomic E-state index is 11.8. The average Bonchev–Trinajstić information content (AvgIpc) is 2.82. The van der Waals surface area contributed by atoms with Crippen molar-refractivity contribution in [2.24, 2.45) is 5.92 Å². The summed E-state index contributed by atoms with van der Waals surface area (Å²) in [6.45, 7) is 1.72. The van der Waals surface area contributed by atoms with E-state index in [1.54, 1.807) is 14.2 Å². The van der Waals surface area contributed by atoms with E-state index >= 15 is 0 Å². The molecule has 2 N–H and O–H groups in total. The van der Waals surface area contributed by atoms with Gasteiger partial charge in [0.2, 0.25) is 5.91 Å². The van der Waals surface area contributed by atoms with E-state index in [0.717, 1.165) is 0 Å². The highest BCUT2D eigenvalue weighted by molar-refractivity contribution is 5.80. The van der Waals surface area contributed by atoms with Gasteiger partial charge in [0, 0.05) is 20.7 Å². The monoisotopic (exact) mass is 260 g/mol. The fourth-order valence-electron chi connectivity index (χ4n) is 1.84. The zero-order valence-electron chi connectivity index (χ0n) is 10.7. The van der Waals surface area contributed by atoms with Gasteiger partial charge in [0.25, 0.3) is 0 Å². The molecule has 1 amide bonds. The number of hydrogen-bond donors (Lipinski definition) is 2. The second-order valence-electron chi connectivity index (χ2n) is 4.22. The first-order valence-electron chi connectivity index (χ1n) is 5.83. The van der Waals surface area contributed by atoms with Crippen molar-refractivity contribution in [2.45, 2.75) is 6.04 Å². The van der Waals surface area contributed by atoms with Gasteiger partial charge in [-0.05, 0) is 0 Å². The van der Waals surface area contributed by atoms with E-state index in [9.17, 15) is 9.59 Å². The van der Waals surface area contributed by atoms with Gasteiger partial charge in [-0.2, -0.15) is 0 Å². The highest BCUT2D eigenvalue weighted by Crippen LogP contribution is 2.18. The number of carboxylic acid groups (broad SMARTS) is 1. The second-order valence-corrected chi connectivity index (χ2v) is 4.22. The van der Waals surface area contributed by atoms with Gasteiger partial charge in [-0.3, -0.25) is 9.59 Å². The van der Waals surface area contributed by atoms with Crippen LogP contribution in [0.4, 0.5) is 0 Å². The quantitative estimate of drug-likeness (QED) is 0.558. The van der Waals surface area contributed by atoms with E-state index in [0.29, 0.717) is 13.2 Å². The van der Waals surface area contributed by atoms with Crippen LogP contribution in [0.1, 0.15) is 0 Å². The third-order valence-electron chi connectivity index (χ3n) is 3.02. The van der Waals surface area contributed by atoms with E-state index in [-0.39, 0.29) is 31.7 Å². The zero-order valence-corrected chi connectivity index (χ0v) is 10.7. The molecular weight excluding hydrogens is 240 g/mol. The lowest BCUT2D eigenvalue weighted by Crippen LogP contribution is -2.47. The van der Waals surface area contributed by atoms with Crippen LogP contribution in [0.15, 0.2) is 0 Å². The summed E-state index contributed by atoms with van der Waals surface area (Å²) in [5, 5.41) is 11.9. The Kier molecular flexibility index (Phi) is 6.03. The molecular formula is C11H20N2O5. The molecule has 104 valence electrons. The van der Waals surface area contributed by atoms with Crippen molar-refractivity contribution in [1.29, 1.82) is 0 Å². The molecule has 0 aromatic heterocycles. The molecule has 0 aliphatic carbocycles. The number of nitrogens with one attached hydrogen (secondary N) is 1. The normalized spacial score (nSPS) is 23.0. The number of carbonyl (C=O) groups is 2. The summed E-state index contributed by atoms with van der Waals surface area (Å²) in [7, 11) is 3.19. The molecule has 0 spiro atoms. The van der Waals surface area contributed by atoms with Crippen molar-refractivity contribution >= 4 is 11.9 Å². The molecule has 1 aliphatic rings. The van der Waals surface area contributed by atoms with Gasteiger partial charge < -0.3 is 24.8 Å². The summed E-state index contributed by atoms with van der Waals surface area (Å²) in [5.41, 5.74) is 0.